The molecule has 1 fully saturated rings. The Morgan fingerprint density at radius 1 is 1.08 bits per heavy atom. The van der Waals surface area contributed by atoms with Crippen molar-refractivity contribution in [2.24, 2.45) is 5.92 Å². The summed E-state index contributed by atoms with van der Waals surface area (Å²) in [5.41, 5.74) is 1.23. The molecule has 0 radical (unpaired) electrons. The maximum Gasteiger partial charge on any atom is 0.348 e. The van der Waals surface area contributed by atoms with E-state index in [0.717, 1.165) is 48.8 Å². The van der Waals surface area contributed by atoms with Crippen molar-refractivity contribution in [3.8, 4) is 0 Å². The SMILES string of the molecule is CC.CCCc1ccc(C(=O)OCCCNC(C)=O)s1.CO.Clc1cc(Cl)cc(CCC2CCC(Cl)C2)c1. The lowest BCUT2D eigenvalue weighted by molar-refractivity contribution is -0.118. The molecule has 38 heavy (non-hydrogen) atoms. The van der Waals surface area contributed by atoms with E-state index >= 15 is 0 Å². The molecular weight excluding hydrogens is 565 g/mol. The Hall–Kier alpha value is -1.31. The van der Waals surface area contributed by atoms with Gasteiger partial charge in [-0.2, -0.15) is 0 Å². The average Bonchev–Trinajstić information content (AvgIpc) is 3.54. The predicted octanol–water partition coefficient (Wildman–Crippen LogP) is 8.35. The highest BCUT2D eigenvalue weighted by Crippen LogP contribution is 2.33. The van der Waals surface area contributed by atoms with E-state index in [2.05, 4.69) is 12.2 Å². The summed E-state index contributed by atoms with van der Waals surface area (Å²) in [6, 6.07) is 9.56. The van der Waals surface area contributed by atoms with Crippen molar-refractivity contribution in [1.82, 2.24) is 5.32 Å². The van der Waals surface area contributed by atoms with Crippen LogP contribution < -0.4 is 5.32 Å². The van der Waals surface area contributed by atoms with Crippen LogP contribution in [0.1, 0.15) is 86.3 Å². The fraction of sp³-hybridized carbons (Fsp3) is 0.586. The van der Waals surface area contributed by atoms with Crippen molar-refractivity contribution in [3.05, 3.63) is 55.7 Å². The van der Waals surface area contributed by atoms with Crippen LogP contribution in [0.15, 0.2) is 30.3 Å². The number of carbonyl (C=O) groups is 2. The Kier molecular flexibility index (Phi) is 21.7. The normalized spacial score (nSPS) is 15.6. The van der Waals surface area contributed by atoms with Gasteiger partial charge in [-0.1, -0.05) is 50.4 Å². The zero-order valence-corrected chi connectivity index (χ0v) is 26.4. The largest absolute Gasteiger partial charge is 0.461 e. The number of amides is 1. The molecule has 0 saturated heterocycles. The maximum absolute atomic E-state index is 11.7. The van der Waals surface area contributed by atoms with E-state index in [1.54, 1.807) is 6.07 Å². The summed E-state index contributed by atoms with van der Waals surface area (Å²) in [5.74, 6) is 0.439. The van der Waals surface area contributed by atoms with Gasteiger partial charge in [0.25, 0.3) is 0 Å². The fourth-order valence-corrected chi connectivity index (χ4v) is 5.80. The molecule has 0 spiro atoms. The monoisotopic (exact) mass is 607 g/mol. The van der Waals surface area contributed by atoms with E-state index in [-0.39, 0.29) is 11.9 Å². The number of hydrogen-bond acceptors (Lipinski definition) is 5. The summed E-state index contributed by atoms with van der Waals surface area (Å²) in [4.78, 5) is 24.1. The topological polar surface area (TPSA) is 75.6 Å². The van der Waals surface area contributed by atoms with Gasteiger partial charge >= 0.3 is 5.97 Å². The number of rotatable bonds is 10. The molecule has 2 N–H and O–H groups in total. The number of esters is 1. The Morgan fingerprint density at radius 3 is 2.29 bits per heavy atom. The Balaban J connectivity index is 0.000000639. The molecule has 1 saturated carbocycles. The molecule has 1 aliphatic carbocycles. The van der Waals surface area contributed by atoms with E-state index in [1.807, 2.05) is 38.1 Å². The molecule has 9 heteroatoms. The van der Waals surface area contributed by atoms with Crippen LogP contribution in [0.4, 0.5) is 0 Å². The Bertz CT molecular complexity index is 903. The number of aryl methyl sites for hydroxylation is 2. The van der Waals surface area contributed by atoms with Gasteiger partial charge in [-0.15, -0.1) is 22.9 Å². The van der Waals surface area contributed by atoms with Crippen molar-refractivity contribution in [1.29, 1.82) is 0 Å². The first-order chi connectivity index (χ1) is 18.3. The molecule has 1 aliphatic rings. The third kappa shape index (κ3) is 16.6. The second-order valence-corrected chi connectivity index (χ2v) is 11.2. The Morgan fingerprint density at radius 2 is 1.74 bits per heavy atom. The minimum absolute atomic E-state index is 0.0659. The van der Waals surface area contributed by atoms with Gasteiger partial charge < -0.3 is 15.2 Å². The van der Waals surface area contributed by atoms with Gasteiger partial charge in [0, 0.05) is 40.9 Å². The molecule has 2 aromatic rings. The first-order valence-electron chi connectivity index (χ1n) is 13.3. The molecule has 216 valence electrons. The van der Waals surface area contributed by atoms with Gasteiger partial charge in [0.05, 0.1) is 6.61 Å². The number of halogens is 3. The maximum atomic E-state index is 11.7. The summed E-state index contributed by atoms with van der Waals surface area (Å²) in [5, 5.41) is 11.5. The molecule has 1 heterocycles. The van der Waals surface area contributed by atoms with Crippen LogP contribution in [0.25, 0.3) is 0 Å². The molecule has 2 atom stereocenters. The smallest absolute Gasteiger partial charge is 0.348 e. The summed E-state index contributed by atoms with van der Waals surface area (Å²) in [7, 11) is 1.00. The van der Waals surface area contributed by atoms with Gasteiger partial charge in [-0.05, 0) is 86.8 Å². The predicted molar refractivity (Wildman–Crippen MR) is 163 cm³/mol. The highest BCUT2D eigenvalue weighted by molar-refractivity contribution is 7.13. The van der Waals surface area contributed by atoms with Crippen molar-refractivity contribution in [2.45, 2.75) is 84.4 Å². The summed E-state index contributed by atoms with van der Waals surface area (Å²) < 4.78 is 5.12. The second kappa shape index (κ2) is 22.5. The van der Waals surface area contributed by atoms with Gasteiger partial charge in [0.2, 0.25) is 5.91 Å². The van der Waals surface area contributed by atoms with E-state index in [4.69, 9.17) is 44.6 Å². The number of carbonyl (C=O) groups excluding carboxylic acids is 2. The van der Waals surface area contributed by atoms with Gasteiger partial charge in [0.1, 0.15) is 4.88 Å². The number of nitrogens with one attached hydrogen (secondary N) is 1. The van der Waals surface area contributed by atoms with Gasteiger partial charge in [-0.25, -0.2) is 4.79 Å². The number of thiophene rings is 1. The van der Waals surface area contributed by atoms with Crippen LogP contribution in [0, 0.1) is 5.92 Å². The molecule has 1 aromatic heterocycles. The quantitative estimate of drug-likeness (QED) is 0.161. The molecule has 2 unspecified atom stereocenters. The highest BCUT2D eigenvalue weighted by atomic mass is 35.5. The van der Waals surface area contributed by atoms with Crippen LogP contribution in [-0.2, 0) is 22.4 Å². The number of alkyl halides is 1. The molecule has 0 aliphatic heterocycles. The molecule has 0 bridgehead atoms. The number of hydrogen-bond donors (Lipinski definition) is 2. The van der Waals surface area contributed by atoms with Gasteiger partial charge in [0.15, 0.2) is 0 Å². The van der Waals surface area contributed by atoms with Crippen molar-refractivity contribution < 1.29 is 19.4 Å². The lowest BCUT2D eigenvalue weighted by Gasteiger charge is -2.09. The second-order valence-electron chi connectivity index (χ2n) is 8.58. The van der Waals surface area contributed by atoms with Gasteiger partial charge in [-0.3, -0.25) is 4.79 Å². The number of aliphatic hydroxyl groups excluding tert-OH is 1. The van der Waals surface area contributed by atoms with E-state index < -0.39 is 0 Å². The third-order valence-corrected chi connectivity index (χ3v) is 7.49. The van der Waals surface area contributed by atoms with Crippen molar-refractivity contribution in [2.75, 3.05) is 20.3 Å². The van der Waals surface area contributed by atoms with E-state index in [1.165, 1.54) is 48.0 Å². The molecule has 5 nitrogen and oxygen atoms in total. The molecular formula is C29H44Cl3NO4S. The number of benzene rings is 1. The lowest BCUT2D eigenvalue weighted by atomic mass is 9.98. The minimum Gasteiger partial charge on any atom is -0.461 e. The minimum atomic E-state index is -0.273. The average molecular weight is 609 g/mol. The highest BCUT2D eigenvalue weighted by Gasteiger charge is 2.22. The standard InChI is InChI=1S/C13H15Cl3.C13H19NO3S.C2H6.CH4O/c14-11-4-3-9(5-11)1-2-10-6-12(15)8-13(16)7-10;1-3-5-11-6-7-12(18-11)13(16)17-9-4-8-14-10(2)15;2*1-2/h6-9,11H,1-5H2;6-7H,3-5,8-9H2,1-2H3,(H,14,15);1-2H3;2H,1H3. The van der Waals surface area contributed by atoms with Crippen LogP contribution in [0.3, 0.4) is 0 Å². The van der Waals surface area contributed by atoms with Crippen molar-refractivity contribution in [3.63, 3.8) is 0 Å². The first kappa shape index (κ1) is 36.7. The van der Waals surface area contributed by atoms with Crippen LogP contribution >= 0.6 is 46.1 Å². The van der Waals surface area contributed by atoms with Crippen LogP contribution in [0.2, 0.25) is 10.0 Å². The molecule has 1 aromatic carbocycles. The number of aliphatic hydroxyl groups is 1. The van der Waals surface area contributed by atoms with Crippen LogP contribution in [-0.4, -0.2) is 42.6 Å². The summed E-state index contributed by atoms with van der Waals surface area (Å²) in [6.45, 7) is 8.45. The first-order valence-corrected chi connectivity index (χ1v) is 15.3. The summed E-state index contributed by atoms with van der Waals surface area (Å²) in [6.07, 6.45) is 8.56. The van der Waals surface area contributed by atoms with Crippen LogP contribution in [0.5, 0.6) is 0 Å². The number of ether oxygens (including phenoxy) is 1. The van der Waals surface area contributed by atoms with E-state index in [9.17, 15) is 9.59 Å². The van der Waals surface area contributed by atoms with Crippen molar-refractivity contribution >= 4 is 58.0 Å². The molecule has 3 rings (SSSR count). The zero-order chi connectivity index (χ0) is 28.9. The lowest BCUT2D eigenvalue weighted by Crippen LogP contribution is -2.22. The zero-order valence-electron chi connectivity index (χ0n) is 23.3. The van der Waals surface area contributed by atoms with E-state index in [0.29, 0.717) is 29.8 Å². The Labute approximate surface area is 248 Å². The fourth-order valence-electron chi connectivity index (χ4n) is 3.84. The summed E-state index contributed by atoms with van der Waals surface area (Å²) >= 11 is 19.5. The molecule has 1 amide bonds. The third-order valence-electron chi connectivity index (χ3n) is 5.53.